The number of hydrogen-bond acceptors (Lipinski definition) is 7. The van der Waals surface area contributed by atoms with Crippen molar-refractivity contribution in [3.8, 4) is 28.3 Å². The number of aromatic nitrogens is 2. The smallest absolute Gasteiger partial charge is 0.429 e. The predicted molar refractivity (Wildman–Crippen MR) is 135 cm³/mol. The molecule has 0 amide bonds. The molecule has 2 heterocycles. The molecule has 1 atom stereocenters. The first kappa shape index (κ1) is 25.8. The Balaban J connectivity index is 1.67. The summed E-state index contributed by atoms with van der Waals surface area (Å²) in [7, 11) is 0. The van der Waals surface area contributed by atoms with Gasteiger partial charge in [0.05, 0.1) is 5.69 Å². The van der Waals surface area contributed by atoms with Crippen molar-refractivity contribution in [2.24, 2.45) is 0 Å². The number of anilines is 1. The Morgan fingerprint density at radius 1 is 1.11 bits per heavy atom. The van der Waals surface area contributed by atoms with Gasteiger partial charge in [-0.25, -0.2) is 9.78 Å². The molecule has 0 bridgehead atoms. The lowest BCUT2D eigenvalue weighted by molar-refractivity contribution is -0.198. The fraction of sp³-hybridized carbons (Fsp3) is 0.154. The van der Waals surface area contributed by atoms with Crippen molar-refractivity contribution in [1.82, 2.24) is 9.97 Å². The van der Waals surface area contributed by atoms with Crippen LogP contribution in [-0.2, 0) is 11.2 Å². The fourth-order valence-electron chi connectivity index (χ4n) is 3.72. The number of hydrogen-bond donors (Lipinski definition) is 3. The quantitative estimate of drug-likeness (QED) is 0.239. The first-order valence-electron chi connectivity index (χ1n) is 10.9. The van der Waals surface area contributed by atoms with Gasteiger partial charge in [0.1, 0.15) is 5.71 Å². The highest BCUT2D eigenvalue weighted by Gasteiger charge is 2.44. The van der Waals surface area contributed by atoms with Gasteiger partial charge in [-0.15, -0.1) is 11.3 Å². The molecule has 2 aromatic carbocycles. The highest BCUT2D eigenvalue weighted by molar-refractivity contribution is 7.10. The van der Waals surface area contributed by atoms with E-state index in [2.05, 4.69) is 9.97 Å². The zero-order chi connectivity index (χ0) is 26.7. The number of carboxylic acids is 1. The standard InChI is InChI=1S/C26H21F3N4O3S/c1-14-10-17(13-37-14)18-4-2-3-5-19(18)23(26(27,28)29)36-22-12-21(32-25(31)33-22)16-8-6-15(7-9-16)11-20(30)24(34)35/h2-10,12-13,23,30H,11H2,1H3,(H,34,35)(H2,31,32,33). The summed E-state index contributed by atoms with van der Waals surface area (Å²) in [6, 6.07) is 15.7. The minimum absolute atomic E-state index is 0.0586. The van der Waals surface area contributed by atoms with Crippen molar-refractivity contribution >= 4 is 29.0 Å². The molecule has 0 saturated carbocycles. The van der Waals surface area contributed by atoms with Gasteiger partial charge in [-0.05, 0) is 35.1 Å². The number of rotatable bonds is 8. The van der Waals surface area contributed by atoms with Gasteiger partial charge in [-0.3, -0.25) is 5.41 Å². The summed E-state index contributed by atoms with van der Waals surface area (Å²) in [4.78, 5) is 19.8. The van der Waals surface area contributed by atoms with Crippen LogP contribution in [0.25, 0.3) is 22.4 Å². The van der Waals surface area contributed by atoms with Gasteiger partial charge in [-0.2, -0.15) is 18.2 Å². The maximum atomic E-state index is 14.3. The van der Waals surface area contributed by atoms with E-state index >= 15 is 0 Å². The summed E-state index contributed by atoms with van der Waals surface area (Å²) in [5.74, 6) is -1.94. The number of thiophene rings is 1. The molecule has 0 saturated heterocycles. The van der Waals surface area contributed by atoms with Gasteiger partial charge in [0.25, 0.3) is 0 Å². The Bertz CT molecular complexity index is 1450. The van der Waals surface area contributed by atoms with Gasteiger partial charge < -0.3 is 15.6 Å². The molecule has 0 radical (unpaired) electrons. The minimum Gasteiger partial charge on any atom is -0.477 e. The molecule has 37 heavy (non-hydrogen) atoms. The number of nitrogens with one attached hydrogen (secondary N) is 1. The van der Waals surface area contributed by atoms with Crippen molar-refractivity contribution in [3.05, 3.63) is 82.0 Å². The van der Waals surface area contributed by atoms with Crippen LogP contribution in [0.1, 0.15) is 22.1 Å². The van der Waals surface area contributed by atoms with E-state index in [0.717, 1.165) is 4.88 Å². The van der Waals surface area contributed by atoms with Crippen LogP contribution in [0.15, 0.2) is 66.0 Å². The van der Waals surface area contributed by atoms with Gasteiger partial charge in [0, 0.05) is 28.5 Å². The van der Waals surface area contributed by atoms with Gasteiger partial charge in [-0.1, -0.05) is 48.5 Å². The van der Waals surface area contributed by atoms with Gasteiger partial charge in [0.2, 0.25) is 17.9 Å². The summed E-state index contributed by atoms with van der Waals surface area (Å²) in [6.07, 6.45) is -7.14. The molecule has 190 valence electrons. The van der Waals surface area contributed by atoms with Crippen molar-refractivity contribution in [2.75, 3.05) is 5.73 Å². The molecule has 0 fully saturated rings. The Hall–Kier alpha value is -4.25. The lowest BCUT2D eigenvalue weighted by Gasteiger charge is -2.24. The number of nitrogen functional groups attached to an aromatic ring is 1. The molecule has 4 rings (SSSR count). The molecular weight excluding hydrogens is 505 g/mol. The number of alkyl halides is 3. The normalized spacial score (nSPS) is 12.2. The predicted octanol–water partition coefficient (Wildman–Crippen LogP) is 6.09. The van der Waals surface area contributed by atoms with Crippen LogP contribution in [0.5, 0.6) is 5.88 Å². The summed E-state index contributed by atoms with van der Waals surface area (Å²) in [5.41, 5.74) is 7.64. The van der Waals surface area contributed by atoms with E-state index in [4.69, 9.17) is 21.0 Å². The second-order valence-electron chi connectivity index (χ2n) is 8.18. The lowest BCUT2D eigenvalue weighted by Crippen LogP contribution is -2.27. The molecular formula is C26H21F3N4O3S. The average Bonchev–Trinajstić information content (AvgIpc) is 3.28. The highest BCUT2D eigenvalue weighted by Crippen LogP contribution is 2.41. The summed E-state index contributed by atoms with van der Waals surface area (Å²) >= 11 is 1.44. The van der Waals surface area contributed by atoms with E-state index in [9.17, 15) is 18.0 Å². The molecule has 0 aliphatic rings. The van der Waals surface area contributed by atoms with E-state index in [-0.39, 0.29) is 29.5 Å². The number of ether oxygens (including phenoxy) is 1. The zero-order valence-corrected chi connectivity index (χ0v) is 20.2. The third-order valence-electron chi connectivity index (χ3n) is 5.43. The second-order valence-corrected chi connectivity index (χ2v) is 9.30. The van der Waals surface area contributed by atoms with Crippen molar-refractivity contribution in [2.45, 2.75) is 25.6 Å². The SMILES string of the molecule is Cc1cc(-c2ccccc2C(Oc2cc(-c3ccc(CC(=N)C(=O)O)cc3)nc(N)n2)C(F)(F)F)cs1. The van der Waals surface area contributed by atoms with Gasteiger partial charge >= 0.3 is 12.1 Å². The van der Waals surface area contributed by atoms with Crippen LogP contribution in [-0.4, -0.2) is 32.9 Å². The number of halogens is 3. The molecule has 1 unspecified atom stereocenters. The van der Waals surface area contributed by atoms with E-state index in [1.165, 1.54) is 29.5 Å². The van der Waals surface area contributed by atoms with Crippen LogP contribution in [0.3, 0.4) is 0 Å². The monoisotopic (exact) mass is 526 g/mol. The van der Waals surface area contributed by atoms with E-state index in [1.54, 1.807) is 41.8 Å². The number of benzene rings is 2. The molecule has 2 aromatic heterocycles. The van der Waals surface area contributed by atoms with Crippen LogP contribution in [0.4, 0.5) is 19.1 Å². The number of aryl methyl sites for hydroxylation is 1. The van der Waals surface area contributed by atoms with E-state index in [1.807, 2.05) is 13.0 Å². The van der Waals surface area contributed by atoms with Crippen molar-refractivity contribution < 1.29 is 27.8 Å². The van der Waals surface area contributed by atoms with Crippen molar-refractivity contribution in [3.63, 3.8) is 0 Å². The van der Waals surface area contributed by atoms with Crippen LogP contribution >= 0.6 is 11.3 Å². The van der Waals surface area contributed by atoms with Crippen LogP contribution < -0.4 is 10.5 Å². The Morgan fingerprint density at radius 2 is 1.81 bits per heavy atom. The minimum atomic E-state index is -4.75. The van der Waals surface area contributed by atoms with E-state index in [0.29, 0.717) is 22.3 Å². The fourth-order valence-corrected chi connectivity index (χ4v) is 4.43. The topological polar surface area (TPSA) is 122 Å². The average molecular weight is 527 g/mol. The Labute approximate surface area is 213 Å². The molecule has 4 N–H and O–H groups in total. The largest absolute Gasteiger partial charge is 0.477 e. The Morgan fingerprint density at radius 3 is 2.43 bits per heavy atom. The molecule has 0 spiro atoms. The summed E-state index contributed by atoms with van der Waals surface area (Å²) < 4.78 is 48.2. The third-order valence-corrected chi connectivity index (χ3v) is 6.29. The highest BCUT2D eigenvalue weighted by atomic mass is 32.1. The maximum absolute atomic E-state index is 14.3. The molecule has 11 heteroatoms. The zero-order valence-electron chi connectivity index (χ0n) is 19.4. The number of carboxylic acid groups (broad SMARTS) is 1. The second kappa shape index (κ2) is 10.4. The third kappa shape index (κ3) is 6.12. The van der Waals surface area contributed by atoms with Crippen LogP contribution in [0, 0.1) is 12.3 Å². The first-order valence-corrected chi connectivity index (χ1v) is 11.8. The lowest BCUT2D eigenvalue weighted by atomic mass is 9.97. The van der Waals surface area contributed by atoms with E-state index < -0.39 is 24.0 Å². The molecule has 0 aliphatic carbocycles. The number of carbonyl (C=O) groups is 1. The Kier molecular flexibility index (Phi) is 7.25. The number of nitrogens with zero attached hydrogens (tertiary/aromatic N) is 2. The van der Waals surface area contributed by atoms with Gasteiger partial charge in [0.15, 0.2) is 0 Å². The molecule has 0 aliphatic heterocycles. The number of aliphatic carboxylic acids is 1. The summed E-state index contributed by atoms with van der Waals surface area (Å²) in [6.45, 7) is 1.88. The molecule has 7 nitrogen and oxygen atoms in total. The maximum Gasteiger partial charge on any atom is 0.429 e. The van der Waals surface area contributed by atoms with Crippen LogP contribution in [0.2, 0.25) is 0 Å². The summed E-state index contributed by atoms with van der Waals surface area (Å²) in [5, 5.41) is 18.1. The molecule has 4 aromatic rings. The number of nitrogens with two attached hydrogens (primary N) is 1. The first-order chi connectivity index (χ1) is 17.5. The van der Waals surface area contributed by atoms with Crippen molar-refractivity contribution in [1.29, 1.82) is 5.41 Å².